The summed E-state index contributed by atoms with van der Waals surface area (Å²) in [5.74, 6) is 0. The molecule has 0 atom stereocenters. The highest BCUT2D eigenvalue weighted by molar-refractivity contribution is 7.90. The lowest BCUT2D eigenvalue weighted by molar-refractivity contribution is 0.585. The smallest absolute Gasteiger partial charge is 0.0713 e. The topological polar surface area (TPSA) is 0 Å². The normalized spacial score (nSPS) is 9.23. The molecule has 0 heterocycles. The first-order valence-electron chi connectivity index (χ1n) is 5.29. The van der Waals surface area contributed by atoms with Crippen LogP contribution in [0.1, 0.15) is 65.2 Å². The summed E-state index contributed by atoms with van der Waals surface area (Å²) in [5, 5.41) is 0. The SMILES string of the molecule is CCCCCCCCCC.ClPCl. The Morgan fingerprint density at radius 2 is 0.923 bits per heavy atom. The number of hydrogen-bond donors (Lipinski definition) is 0. The van der Waals surface area contributed by atoms with Gasteiger partial charge in [0.25, 0.3) is 0 Å². The van der Waals surface area contributed by atoms with Crippen molar-refractivity contribution in [3.63, 3.8) is 0 Å². The summed E-state index contributed by atoms with van der Waals surface area (Å²) in [4.78, 5) is 0. The molecule has 0 aromatic heterocycles. The van der Waals surface area contributed by atoms with Gasteiger partial charge in [-0.3, -0.25) is 0 Å². The first-order chi connectivity index (χ1) is 6.33. The van der Waals surface area contributed by atoms with Crippen molar-refractivity contribution in [2.45, 2.75) is 65.2 Å². The zero-order valence-electron chi connectivity index (χ0n) is 8.91. The Labute approximate surface area is 95.1 Å². The molecule has 0 aliphatic heterocycles. The molecule has 0 aliphatic carbocycles. The number of rotatable bonds is 7. The Morgan fingerprint density at radius 1 is 0.692 bits per heavy atom. The molecule has 0 nitrogen and oxygen atoms in total. The second-order valence-corrected chi connectivity index (χ2v) is 5.05. The number of hydrogen-bond acceptors (Lipinski definition) is 0. The van der Waals surface area contributed by atoms with Crippen molar-refractivity contribution in [1.29, 1.82) is 0 Å². The highest BCUT2D eigenvalue weighted by atomic mass is 35.9. The van der Waals surface area contributed by atoms with Gasteiger partial charge in [-0.25, -0.2) is 0 Å². The molecule has 0 bridgehead atoms. The lowest BCUT2D eigenvalue weighted by atomic mass is 10.1. The Hall–Kier alpha value is 1.01. The van der Waals surface area contributed by atoms with Gasteiger partial charge < -0.3 is 0 Å². The van der Waals surface area contributed by atoms with Crippen molar-refractivity contribution < 1.29 is 0 Å². The van der Waals surface area contributed by atoms with E-state index in [0.717, 1.165) is 0 Å². The Kier molecular flexibility index (Phi) is 23.7. The summed E-state index contributed by atoms with van der Waals surface area (Å²) < 4.78 is 0. The van der Waals surface area contributed by atoms with Crippen LogP contribution in [0.2, 0.25) is 0 Å². The molecule has 0 saturated carbocycles. The molecule has 0 spiro atoms. The third kappa shape index (κ3) is 24.6. The van der Waals surface area contributed by atoms with E-state index >= 15 is 0 Å². The van der Waals surface area contributed by atoms with Crippen molar-refractivity contribution in [2.75, 3.05) is 0 Å². The van der Waals surface area contributed by atoms with Crippen LogP contribution in [0.15, 0.2) is 0 Å². The Morgan fingerprint density at radius 3 is 1.15 bits per heavy atom. The Balaban J connectivity index is 0. The van der Waals surface area contributed by atoms with Crippen LogP contribution < -0.4 is 0 Å². The fourth-order valence-corrected chi connectivity index (χ4v) is 1.21. The molecule has 0 fully saturated rings. The third-order valence-electron chi connectivity index (χ3n) is 1.96. The standard InChI is InChI=1S/C10H22.Cl2HP/c1-3-5-7-9-10-8-6-4-2;1-3-2/h3-10H2,1-2H3;3H. The average Bonchev–Trinajstić information content (AvgIpc) is 2.13. The average molecular weight is 245 g/mol. The van der Waals surface area contributed by atoms with Gasteiger partial charge in [-0.05, 0) is 0 Å². The van der Waals surface area contributed by atoms with Gasteiger partial charge in [0.05, 0.1) is 7.29 Å². The molecule has 0 saturated heterocycles. The van der Waals surface area contributed by atoms with Gasteiger partial charge in [0.1, 0.15) is 0 Å². The highest BCUT2D eigenvalue weighted by Crippen LogP contribution is 2.19. The zero-order valence-corrected chi connectivity index (χ0v) is 11.4. The fourth-order valence-electron chi connectivity index (χ4n) is 1.21. The third-order valence-corrected chi connectivity index (χ3v) is 1.96. The quantitative estimate of drug-likeness (QED) is 0.374. The summed E-state index contributed by atoms with van der Waals surface area (Å²) in [6.45, 7) is 4.54. The van der Waals surface area contributed by atoms with Crippen LogP contribution in [0.3, 0.4) is 0 Å². The van der Waals surface area contributed by atoms with Crippen molar-refractivity contribution >= 4 is 29.8 Å². The lowest BCUT2D eigenvalue weighted by Gasteiger charge is -1.97. The second-order valence-electron chi connectivity index (χ2n) is 3.19. The molecule has 13 heavy (non-hydrogen) atoms. The van der Waals surface area contributed by atoms with Crippen molar-refractivity contribution in [2.24, 2.45) is 0 Å². The van der Waals surface area contributed by atoms with Crippen LogP contribution >= 0.6 is 29.8 Å². The first kappa shape index (κ1) is 16.4. The van der Waals surface area contributed by atoms with E-state index in [2.05, 4.69) is 13.8 Å². The molecule has 0 aromatic carbocycles. The van der Waals surface area contributed by atoms with Crippen molar-refractivity contribution in [3.8, 4) is 0 Å². The number of halogens is 2. The molecule has 0 rings (SSSR count). The van der Waals surface area contributed by atoms with Gasteiger partial charge in [0.2, 0.25) is 0 Å². The summed E-state index contributed by atoms with van der Waals surface area (Å²) >= 11 is 9.58. The molecule has 0 aliphatic rings. The van der Waals surface area contributed by atoms with E-state index in [4.69, 9.17) is 22.5 Å². The maximum Gasteiger partial charge on any atom is 0.0713 e. The van der Waals surface area contributed by atoms with Crippen LogP contribution in [-0.4, -0.2) is 0 Å². The van der Waals surface area contributed by atoms with Gasteiger partial charge in [-0.15, -0.1) is 0 Å². The monoisotopic (exact) mass is 244 g/mol. The van der Waals surface area contributed by atoms with Crippen LogP contribution in [0.4, 0.5) is 0 Å². The maximum atomic E-state index is 4.79. The van der Waals surface area contributed by atoms with E-state index in [1.807, 2.05) is 0 Å². The van der Waals surface area contributed by atoms with E-state index in [-0.39, 0.29) is 7.29 Å². The first-order valence-corrected chi connectivity index (χ1v) is 8.32. The minimum absolute atomic E-state index is 0.0278. The molecule has 3 heteroatoms. The minimum atomic E-state index is 0.0278. The number of unbranched alkanes of at least 4 members (excludes halogenated alkanes) is 7. The van der Waals surface area contributed by atoms with Gasteiger partial charge >= 0.3 is 0 Å². The molecule has 0 unspecified atom stereocenters. The van der Waals surface area contributed by atoms with E-state index in [1.165, 1.54) is 51.4 Å². The predicted molar refractivity (Wildman–Crippen MR) is 68.3 cm³/mol. The summed E-state index contributed by atoms with van der Waals surface area (Å²) in [6.07, 6.45) is 11.5. The summed E-state index contributed by atoms with van der Waals surface area (Å²) in [5.41, 5.74) is 0. The zero-order chi connectivity index (χ0) is 10.4. The minimum Gasteiger partial charge on any atom is -0.0818 e. The van der Waals surface area contributed by atoms with Gasteiger partial charge in [0.15, 0.2) is 0 Å². The lowest BCUT2D eigenvalue weighted by Crippen LogP contribution is -1.77. The second kappa shape index (κ2) is 18.7. The Bertz CT molecular complexity index is 61.9. The van der Waals surface area contributed by atoms with Gasteiger partial charge in [-0.2, -0.15) is 0 Å². The van der Waals surface area contributed by atoms with Crippen LogP contribution in [-0.2, 0) is 0 Å². The fraction of sp³-hybridized carbons (Fsp3) is 1.00. The van der Waals surface area contributed by atoms with E-state index in [1.54, 1.807) is 0 Å². The van der Waals surface area contributed by atoms with E-state index < -0.39 is 0 Å². The van der Waals surface area contributed by atoms with Gasteiger partial charge in [-0.1, -0.05) is 87.7 Å². The summed E-state index contributed by atoms with van der Waals surface area (Å²) in [6, 6.07) is 0. The predicted octanol–water partition coefficient (Wildman–Crippen LogP) is 6.12. The van der Waals surface area contributed by atoms with Gasteiger partial charge in [0, 0.05) is 0 Å². The molecule has 0 N–H and O–H groups in total. The van der Waals surface area contributed by atoms with E-state index in [9.17, 15) is 0 Å². The van der Waals surface area contributed by atoms with Crippen LogP contribution in [0.5, 0.6) is 0 Å². The van der Waals surface area contributed by atoms with Crippen molar-refractivity contribution in [3.05, 3.63) is 0 Å². The molecule has 0 aromatic rings. The maximum absolute atomic E-state index is 4.79. The largest absolute Gasteiger partial charge is 0.0818 e. The van der Waals surface area contributed by atoms with Crippen LogP contribution in [0, 0.1) is 0 Å². The molecule has 0 amide bonds. The van der Waals surface area contributed by atoms with E-state index in [0.29, 0.717) is 0 Å². The summed E-state index contributed by atoms with van der Waals surface area (Å²) in [7, 11) is 0.0278. The molecular weight excluding hydrogens is 222 g/mol. The molecule has 82 valence electrons. The highest BCUT2D eigenvalue weighted by Gasteiger charge is 1.87. The molecule has 0 radical (unpaired) electrons. The van der Waals surface area contributed by atoms with Crippen LogP contribution in [0.25, 0.3) is 0 Å². The van der Waals surface area contributed by atoms with Crippen molar-refractivity contribution in [1.82, 2.24) is 0 Å². The molecular formula is C10H23Cl2P.